The lowest BCUT2D eigenvalue weighted by atomic mass is 10.1. The molecule has 0 aromatic carbocycles. The molecule has 0 spiro atoms. The zero-order chi connectivity index (χ0) is 13.4. The Hall–Kier alpha value is -0.910. The molecule has 0 aliphatic heterocycles. The monoisotopic (exact) mass is 285 g/mol. The molecule has 0 saturated carbocycles. The number of aliphatic hydroxyl groups excluding tert-OH is 1. The Kier molecular flexibility index (Phi) is 3.75. The van der Waals surface area contributed by atoms with Crippen LogP contribution in [0.15, 0.2) is 0 Å². The molecule has 0 amide bonds. The second kappa shape index (κ2) is 4.99. The molecule has 0 fully saturated rings. The minimum Gasteiger partial charge on any atom is -0.387 e. The van der Waals surface area contributed by atoms with Crippen LogP contribution in [-0.4, -0.2) is 19.9 Å². The highest BCUT2D eigenvalue weighted by Crippen LogP contribution is 2.30. The molecule has 18 heavy (non-hydrogen) atoms. The summed E-state index contributed by atoms with van der Waals surface area (Å²) in [5.74, 6) is 0. The normalized spacial score (nSPS) is 13.0. The second-order valence-corrected chi connectivity index (χ2v) is 5.98. The quantitative estimate of drug-likeness (QED) is 0.943. The molecule has 1 atom stereocenters. The first-order valence-electron chi connectivity index (χ1n) is 5.70. The lowest BCUT2D eigenvalue weighted by Gasteiger charge is -2.10. The van der Waals surface area contributed by atoms with Crippen LogP contribution in [0.5, 0.6) is 0 Å². The van der Waals surface area contributed by atoms with E-state index in [-0.39, 0.29) is 0 Å². The van der Waals surface area contributed by atoms with Crippen LogP contribution in [0.1, 0.15) is 33.1 Å². The third-order valence-electron chi connectivity index (χ3n) is 2.89. The fourth-order valence-corrected chi connectivity index (χ4v) is 3.18. The molecule has 1 unspecified atom stereocenters. The molecule has 0 radical (unpaired) electrons. The minimum atomic E-state index is -0.580. The summed E-state index contributed by atoms with van der Waals surface area (Å²) < 4.78 is 1.73. The van der Waals surface area contributed by atoms with Gasteiger partial charge in [-0.15, -0.1) is 11.3 Å². The van der Waals surface area contributed by atoms with E-state index in [1.54, 1.807) is 4.68 Å². The second-order valence-electron chi connectivity index (χ2n) is 4.37. The van der Waals surface area contributed by atoms with Crippen molar-refractivity contribution in [3.8, 4) is 0 Å². The van der Waals surface area contributed by atoms with Crippen molar-refractivity contribution >= 4 is 22.9 Å². The Morgan fingerprint density at radius 3 is 2.44 bits per heavy atom. The van der Waals surface area contributed by atoms with E-state index in [0.29, 0.717) is 11.4 Å². The Morgan fingerprint density at radius 1 is 1.33 bits per heavy atom. The molecule has 98 valence electrons. The predicted octanol–water partition coefficient (Wildman–Crippen LogP) is 2.73. The van der Waals surface area contributed by atoms with E-state index in [0.717, 1.165) is 27.0 Å². The van der Waals surface area contributed by atoms with Crippen LogP contribution in [0, 0.1) is 20.8 Å². The van der Waals surface area contributed by atoms with E-state index in [4.69, 9.17) is 11.6 Å². The molecular formula is C12H16ClN3OS. The van der Waals surface area contributed by atoms with Crippen molar-refractivity contribution in [3.63, 3.8) is 0 Å². The van der Waals surface area contributed by atoms with E-state index in [9.17, 15) is 5.11 Å². The van der Waals surface area contributed by atoms with Gasteiger partial charge in [0.25, 0.3) is 0 Å². The predicted molar refractivity (Wildman–Crippen MR) is 73.2 cm³/mol. The van der Waals surface area contributed by atoms with Crippen LogP contribution in [0.25, 0.3) is 0 Å². The van der Waals surface area contributed by atoms with Crippen molar-refractivity contribution in [2.75, 3.05) is 0 Å². The van der Waals surface area contributed by atoms with Gasteiger partial charge in [-0.2, -0.15) is 5.10 Å². The van der Waals surface area contributed by atoms with E-state index >= 15 is 0 Å². The SMILES string of the molecule is Cc1nc(C)c(C(O)Cc2c(Cl)c(C)nn2C)s1. The van der Waals surface area contributed by atoms with Gasteiger partial charge < -0.3 is 5.11 Å². The molecule has 0 aliphatic rings. The Morgan fingerprint density at radius 2 is 2.00 bits per heavy atom. The van der Waals surface area contributed by atoms with Crippen LogP contribution >= 0.6 is 22.9 Å². The average molecular weight is 286 g/mol. The lowest BCUT2D eigenvalue weighted by molar-refractivity contribution is 0.178. The Balaban J connectivity index is 2.26. The molecule has 1 N–H and O–H groups in total. The first-order chi connectivity index (χ1) is 8.40. The van der Waals surface area contributed by atoms with Crippen LogP contribution in [0.2, 0.25) is 5.02 Å². The number of rotatable bonds is 3. The van der Waals surface area contributed by atoms with E-state index in [2.05, 4.69) is 10.1 Å². The molecule has 0 saturated heterocycles. The number of aryl methyl sites for hydroxylation is 4. The lowest BCUT2D eigenvalue weighted by Crippen LogP contribution is -2.06. The zero-order valence-corrected chi connectivity index (χ0v) is 12.4. The summed E-state index contributed by atoms with van der Waals surface area (Å²) in [6.07, 6.45) is -0.123. The first kappa shape index (κ1) is 13.5. The highest BCUT2D eigenvalue weighted by molar-refractivity contribution is 7.11. The highest BCUT2D eigenvalue weighted by atomic mass is 35.5. The molecule has 6 heteroatoms. The Labute approximate surface area is 115 Å². The maximum absolute atomic E-state index is 10.3. The average Bonchev–Trinajstić information content (AvgIpc) is 2.73. The maximum atomic E-state index is 10.3. The van der Waals surface area contributed by atoms with Gasteiger partial charge in [0, 0.05) is 13.5 Å². The zero-order valence-electron chi connectivity index (χ0n) is 10.9. The molecule has 0 aliphatic carbocycles. The maximum Gasteiger partial charge on any atom is 0.0956 e. The number of aliphatic hydroxyl groups is 1. The molecule has 2 rings (SSSR count). The van der Waals surface area contributed by atoms with Gasteiger partial charge in [0.15, 0.2) is 0 Å². The molecule has 0 bridgehead atoms. The van der Waals surface area contributed by atoms with Crippen molar-refractivity contribution < 1.29 is 5.11 Å². The van der Waals surface area contributed by atoms with E-state index < -0.39 is 6.10 Å². The van der Waals surface area contributed by atoms with Gasteiger partial charge in [-0.3, -0.25) is 4.68 Å². The summed E-state index contributed by atoms with van der Waals surface area (Å²) >= 11 is 7.71. The molecule has 4 nitrogen and oxygen atoms in total. The van der Waals surface area contributed by atoms with E-state index in [1.807, 2.05) is 27.8 Å². The largest absolute Gasteiger partial charge is 0.387 e. The van der Waals surface area contributed by atoms with Gasteiger partial charge in [0.2, 0.25) is 0 Å². The van der Waals surface area contributed by atoms with Crippen molar-refractivity contribution in [3.05, 3.63) is 32.0 Å². The standard InChI is InChI=1S/C12H16ClN3OS/c1-6-11(13)9(16(4)15-6)5-10(17)12-7(2)14-8(3)18-12/h10,17H,5H2,1-4H3. The van der Waals surface area contributed by atoms with Crippen molar-refractivity contribution in [1.82, 2.24) is 14.8 Å². The third-order valence-corrected chi connectivity index (χ3v) is 4.56. The summed E-state index contributed by atoms with van der Waals surface area (Å²) in [5, 5.41) is 16.1. The van der Waals surface area contributed by atoms with Gasteiger partial charge in [-0.05, 0) is 20.8 Å². The van der Waals surface area contributed by atoms with Gasteiger partial charge >= 0.3 is 0 Å². The molecule has 2 aromatic heterocycles. The fraction of sp³-hybridized carbons (Fsp3) is 0.500. The smallest absolute Gasteiger partial charge is 0.0956 e. The van der Waals surface area contributed by atoms with E-state index in [1.165, 1.54) is 11.3 Å². The van der Waals surface area contributed by atoms with Gasteiger partial charge in [0.1, 0.15) is 0 Å². The summed E-state index contributed by atoms with van der Waals surface area (Å²) in [6.45, 7) is 5.72. The number of aromatic nitrogens is 3. The highest BCUT2D eigenvalue weighted by Gasteiger charge is 2.20. The van der Waals surface area contributed by atoms with Crippen molar-refractivity contribution in [2.24, 2.45) is 7.05 Å². The van der Waals surface area contributed by atoms with Crippen LogP contribution in [0.3, 0.4) is 0 Å². The third kappa shape index (κ3) is 2.43. The summed E-state index contributed by atoms with van der Waals surface area (Å²) in [7, 11) is 1.84. The van der Waals surface area contributed by atoms with Gasteiger partial charge in [-0.25, -0.2) is 4.98 Å². The molecule has 2 aromatic rings. The number of thiazole rings is 1. The van der Waals surface area contributed by atoms with Gasteiger partial charge in [-0.1, -0.05) is 11.6 Å². The Bertz CT molecular complexity index is 576. The molecular weight excluding hydrogens is 270 g/mol. The fourth-order valence-electron chi connectivity index (χ4n) is 2.03. The summed E-state index contributed by atoms with van der Waals surface area (Å²) in [6, 6.07) is 0. The first-order valence-corrected chi connectivity index (χ1v) is 6.89. The van der Waals surface area contributed by atoms with Crippen LogP contribution in [0.4, 0.5) is 0 Å². The van der Waals surface area contributed by atoms with Crippen molar-refractivity contribution in [2.45, 2.75) is 33.3 Å². The number of halogens is 1. The number of hydrogen-bond acceptors (Lipinski definition) is 4. The summed E-state index contributed by atoms with van der Waals surface area (Å²) in [4.78, 5) is 5.23. The van der Waals surface area contributed by atoms with Gasteiger partial charge in [0.05, 0.1) is 38.1 Å². The van der Waals surface area contributed by atoms with Crippen LogP contribution < -0.4 is 0 Å². The number of nitrogens with zero attached hydrogens (tertiary/aromatic N) is 3. The number of hydrogen-bond donors (Lipinski definition) is 1. The summed E-state index contributed by atoms with van der Waals surface area (Å²) in [5.41, 5.74) is 2.53. The van der Waals surface area contributed by atoms with Crippen LogP contribution in [-0.2, 0) is 13.5 Å². The topological polar surface area (TPSA) is 50.9 Å². The van der Waals surface area contributed by atoms with Crippen molar-refractivity contribution in [1.29, 1.82) is 0 Å². The minimum absolute atomic E-state index is 0.457. The molecule has 2 heterocycles.